The quantitative estimate of drug-likeness (QED) is 0.488. The average Bonchev–Trinajstić information content (AvgIpc) is 3.11. The first-order chi connectivity index (χ1) is 13.4. The fourth-order valence-electron chi connectivity index (χ4n) is 2.80. The first-order valence-electron chi connectivity index (χ1n) is 8.83. The van der Waals surface area contributed by atoms with Crippen molar-refractivity contribution in [1.29, 1.82) is 0 Å². The van der Waals surface area contributed by atoms with Gasteiger partial charge < -0.3 is 15.1 Å². The summed E-state index contributed by atoms with van der Waals surface area (Å²) in [7, 11) is -2.14. The van der Waals surface area contributed by atoms with Crippen LogP contribution in [-0.4, -0.2) is 33.7 Å². The highest BCUT2D eigenvalue weighted by molar-refractivity contribution is 7.91. The lowest BCUT2D eigenvalue weighted by Gasteiger charge is -2.16. The molecule has 1 heterocycles. The summed E-state index contributed by atoms with van der Waals surface area (Å²) in [4.78, 5) is 3.81. The third-order valence-electron chi connectivity index (χ3n) is 4.28. The van der Waals surface area contributed by atoms with E-state index < -0.39 is 15.7 Å². The van der Waals surface area contributed by atoms with Crippen LogP contribution in [0.25, 0.3) is 11.0 Å². The maximum atomic E-state index is 13.7. The van der Waals surface area contributed by atoms with Crippen LogP contribution in [0.4, 0.5) is 4.39 Å². The number of hydrogen-bond acceptors (Lipinski definition) is 4. The Kier molecular flexibility index (Phi) is 5.99. The smallest absolute Gasteiger partial charge is 0.191 e. The molecule has 0 aliphatic heterocycles. The zero-order valence-corrected chi connectivity index (χ0v) is 16.5. The number of benzene rings is 2. The van der Waals surface area contributed by atoms with Gasteiger partial charge in [0.25, 0.3) is 0 Å². The number of halogens is 1. The third kappa shape index (κ3) is 4.51. The zero-order valence-electron chi connectivity index (χ0n) is 15.6. The van der Waals surface area contributed by atoms with E-state index in [0.717, 1.165) is 22.8 Å². The predicted octanol–water partition coefficient (Wildman–Crippen LogP) is 3.27. The Bertz CT molecular complexity index is 1060. The summed E-state index contributed by atoms with van der Waals surface area (Å²) in [5, 5.41) is 7.11. The summed E-state index contributed by atoms with van der Waals surface area (Å²) in [6.07, 6.45) is 0. The minimum Gasteiger partial charge on any atom is -0.459 e. The Balaban J connectivity index is 1.59. The van der Waals surface area contributed by atoms with Gasteiger partial charge in [-0.3, -0.25) is 4.99 Å². The Hall–Kier alpha value is -2.87. The first-order valence-corrected chi connectivity index (χ1v) is 10.5. The lowest BCUT2D eigenvalue weighted by atomic mass is 10.2. The molecule has 2 N–H and O–H groups in total. The van der Waals surface area contributed by atoms with Crippen molar-refractivity contribution in [3.05, 3.63) is 66.2 Å². The standard InChI is InChI=1S/C20H22FN3O3S/c1-14(18-13-15-7-3-5-9-17(15)27-18)24-20(22-2)23-11-12-28(25,26)19-10-6-4-8-16(19)21/h3-10,13-14H,11-12H2,1-2H3,(H2,22,23,24). The van der Waals surface area contributed by atoms with Crippen molar-refractivity contribution in [1.82, 2.24) is 10.6 Å². The van der Waals surface area contributed by atoms with Gasteiger partial charge in [-0.05, 0) is 31.2 Å². The maximum Gasteiger partial charge on any atom is 0.191 e. The minimum atomic E-state index is -3.73. The molecule has 0 spiro atoms. The van der Waals surface area contributed by atoms with Crippen LogP contribution in [0.3, 0.4) is 0 Å². The van der Waals surface area contributed by atoms with Gasteiger partial charge in [0.1, 0.15) is 22.1 Å². The van der Waals surface area contributed by atoms with Gasteiger partial charge in [0, 0.05) is 19.0 Å². The van der Waals surface area contributed by atoms with Crippen LogP contribution in [-0.2, 0) is 9.84 Å². The Morgan fingerprint density at radius 2 is 1.89 bits per heavy atom. The number of aliphatic imine (C=N–C) groups is 1. The average molecular weight is 403 g/mol. The molecule has 0 aliphatic carbocycles. The number of hydrogen-bond donors (Lipinski definition) is 2. The van der Waals surface area contributed by atoms with Gasteiger partial charge in [0.2, 0.25) is 0 Å². The molecule has 3 rings (SSSR count). The molecule has 6 nitrogen and oxygen atoms in total. The van der Waals surface area contributed by atoms with E-state index in [9.17, 15) is 12.8 Å². The van der Waals surface area contributed by atoms with E-state index in [1.807, 2.05) is 37.3 Å². The number of guanidine groups is 1. The Labute approximate surface area is 163 Å². The van der Waals surface area contributed by atoms with Crippen molar-refractivity contribution in [3.8, 4) is 0 Å². The highest BCUT2D eigenvalue weighted by Gasteiger charge is 2.19. The van der Waals surface area contributed by atoms with Crippen molar-refractivity contribution in [2.24, 2.45) is 4.99 Å². The van der Waals surface area contributed by atoms with Crippen molar-refractivity contribution >= 4 is 26.8 Å². The summed E-state index contributed by atoms with van der Waals surface area (Å²) in [6, 6.07) is 14.8. The molecule has 8 heteroatoms. The van der Waals surface area contributed by atoms with Crippen LogP contribution in [0.2, 0.25) is 0 Å². The Morgan fingerprint density at radius 1 is 1.18 bits per heavy atom. The zero-order chi connectivity index (χ0) is 20.1. The van der Waals surface area contributed by atoms with Crippen LogP contribution in [0.5, 0.6) is 0 Å². The van der Waals surface area contributed by atoms with E-state index in [-0.39, 0.29) is 23.2 Å². The van der Waals surface area contributed by atoms with Crippen molar-refractivity contribution < 1.29 is 17.2 Å². The predicted molar refractivity (Wildman–Crippen MR) is 108 cm³/mol. The van der Waals surface area contributed by atoms with Crippen molar-refractivity contribution in [2.45, 2.75) is 17.9 Å². The molecule has 0 fully saturated rings. The van der Waals surface area contributed by atoms with Gasteiger partial charge in [-0.1, -0.05) is 30.3 Å². The van der Waals surface area contributed by atoms with Crippen molar-refractivity contribution in [3.63, 3.8) is 0 Å². The molecule has 0 aliphatic rings. The second-order valence-electron chi connectivity index (χ2n) is 6.30. The molecule has 3 aromatic rings. The fraction of sp³-hybridized carbons (Fsp3) is 0.250. The summed E-state index contributed by atoms with van der Waals surface area (Å²) >= 11 is 0. The molecule has 0 amide bonds. The second kappa shape index (κ2) is 8.43. The van der Waals surface area contributed by atoms with Crippen LogP contribution < -0.4 is 10.6 Å². The van der Waals surface area contributed by atoms with Gasteiger partial charge in [-0.15, -0.1) is 0 Å². The number of sulfone groups is 1. The topological polar surface area (TPSA) is 83.7 Å². The molecular weight excluding hydrogens is 381 g/mol. The number of para-hydroxylation sites is 1. The second-order valence-corrected chi connectivity index (χ2v) is 8.38. The molecule has 0 saturated carbocycles. The van der Waals surface area contributed by atoms with Crippen LogP contribution in [0.15, 0.2) is 68.9 Å². The normalized spacial score (nSPS) is 13.5. The molecule has 1 atom stereocenters. The van der Waals surface area contributed by atoms with Gasteiger partial charge in [0.15, 0.2) is 15.8 Å². The third-order valence-corrected chi connectivity index (χ3v) is 6.03. The lowest BCUT2D eigenvalue weighted by molar-refractivity contribution is 0.488. The largest absolute Gasteiger partial charge is 0.459 e. The lowest BCUT2D eigenvalue weighted by Crippen LogP contribution is -2.40. The molecule has 0 radical (unpaired) electrons. The van der Waals surface area contributed by atoms with E-state index in [2.05, 4.69) is 15.6 Å². The van der Waals surface area contributed by atoms with Crippen LogP contribution in [0, 0.1) is 5.82 Å². The summed E-state index contributed by atoms with van der Waals surface area (Å²) in [5.74, 6) is 0.163. The van der Waals surface area contributed by atoms with Gasteiger partial charge >= 0.3 is 0 Å². The number of rotatable bonds is 6. The number of nitrogens with zero attached hydrogens (tertiary/aromatic N) is 1. The van der Waals surface area contributed by atoms with Crippen LogP contribution in [0.1, 0.15) is 18.7 Å². The van der Waals surface area contributed by atoms with E-state index in [1.165, 1.54) is 18.2 Å². The molecular formula is C20H22FN3O3S. The monoisotopic (exact) mass is 403 g/mol. The molecule has 148 valence electrons. The fourth-order valence-corrected chi connectivity index (χ4v) is 4.04. The highest BCUT2D eigenvalue weighted by Crippen LogP contribution is 2.23. The molecule has 0 saturated heterocycles. The van der Waals surface area contributed by atoms with Crippen molar-refractivity contribution in [2.75, 3.05) is 19.3 Å². The minimum absolute atomic E-state index is 0.0865. The van der Waals surface area contributed by atoms with E-state index in [4.69, 9.17) is 4.42 Å². The van der Waals surface area contributed by atoms with Gasteiger partial charge in [-0.2, -0.15) is 0 Å². The maximum absolute atomic E-state index is 13.7. The van der Waals surface area contributed by atoms with E-state index >= 15 is 0 Å². The van der Waals surface area contributed by atoms with E-state index in [1.54, 1.807) is 7.05 Å². The summed E-state index contributed by atoms with van der Waals surface area (Å²) < 4.78 is 44.2. The molecule has 0 bridgehead atoms. The molecule has 1 aromatic heterocycles. The molecule has 28 heavy (non-hydrogen) atoms. The number of furan rings is 1. The molecule has 1 unspecified atom stereocenters. The van der Waals surface area contributed by atoms with E-state index in [0.29, 0.717) is 5.96 Å². The number of nitrogens with one attached hydrogen (secondary N) is 2. The SMILES string of the molecule is CN=C(NCCS(=O)(=O)c1ccccc1F)NC(C)c1cc2ccccc2o1. The summed E-state index contributed by atoms with van der Waals surface area (Å²) in [6.45, 7) is 2.00. The van der Waals surface area contributed by atoms with Gasteiger partial charge in [0.05, 0.1) is 11.8 Å². The highest BCUT2D eigenvalue weighted by atomic mass is 32.2. The summed E-state index contributed by atoms with van der Waals surface area (Å²) in [5.41, 5.74) is 0.796. The number of fused-ring (bicyclic) bond motifs is 1. The Morgan fingerprint density at radius 3 is 2.61 bits per heavy atom. The van der Waals surface area contributed by atoms with Crippen LogP contribution >= 0.6 is 0 Å². The van der Waals surface area contributed by atoms with Gasteiger partial charge in [-0.25, -0.2) is 12.8 Å². The first kappa shape index (κ1) is 19.9. The molecule has 2 aromatic carbocycles.